The largest absolute Gasteiger partial charge is 0.481 e. The van der Waals surface area contributed by atoms with Crippen molar-refractivity contribution in [3.05, 3.63) is 0 Å². The number of nitrogens with one attached hydrogen (secondary N) is 2. The van der Waals surface area contributed by atoms with Gasteiger partial charge in [0.1, 0.15) is 5.41 Å². The van der Waals surface area contributed by atoms with E-state index in [0.717, 1.165) is 19.4 Å². The van der Waals surface area contributed by atoms with Gasteiger partial charge < -0.3 is 25.2 Å². The lowest BCUT2D eigenvalue weighted by Gasteiger charge is -2.28. The van der Waals surface area contributed by atoms with E-state index in [4.69, 9.17) is 9.47 Å². The lowest BCUT2D eigenvalue weighted by molar-refractivity contribution is -0.148. The van der Waals surface area contributed by atoms with Crippen LogP contribution in [0, 0.1) is 5.41 Å². The number of carboxylic acid groups (broad SMARTS) is 1. The average Bonchev–Trinajstić information content (AvgIpc) is 2.73. The molecule has 7 nitrogen and oxygen atoms in total. The topological polar surface area (TPSA) is 96.9 Å². The van der Waals surface area contributed by atoms with E-state index >= 15 is 0 Å². The van der Waals surface area contributed by atoms with E-state index in [-0.39, 0.29) is 25.3 Å². The summed E-state index contributed by atoms with van der Waals surface area (Å²) in [6.45, 7) is 3.15. The fourth-order valence-corrected chi connectivity index (χ4v) is 2.32. The molecular weight excluding hydrogens is 252 g/mol. The van der Waals surface area contributed by atoms with Crippen LogP contribution in [0.2, 0.25) is 0 Å². The zero-order valence-electron chi connectivity index (χ0n) is 11.0. The Kier molecular flexibility index (Phi) is 4.26. The highest BCUT2D eigenvalue weighted by molar-refractivity contribution is 5.79. The molecule has 19 heavy (non-hydrogen) atoms. The Balaban J connectivity index is 1.86. The Morgan fingerprint density at radius 3 is 2.68 bits per heavy atom. The molecule has 2 heterocycles. The summed E-state index contributed by atoms with van der Waals surface area (Å²) in [5, 5.41) is 14.7. The van der Waals surface area contributed by atoms with Crippen molar-refractivity contribution in [3.8, 4) is 0 Å². The third kappa shape index (κ3) is 3.16. The summed E-state index contributed by atoms with van der Waals surface area (Å²) in [6.07, 6.45) is 1.80. The van der Waals surface area contributed by atoms with Gasteiger partial charge in [-0.3, -0.25) is 4.79 Å². The van der Waals surface area contributed by atoms with Gasteiger partial charge >= 0.3 is 12.0 Å². The van der Waals surface area contributed by atoms with E-state index in [1.165, 1.54) is 0 Å². The Bertz CT molecular complexity index is 356. The van der Waals surface area contributed by atoms with Gasteiger partial charge in [-0.25, -0.2) is 4.79 Å². The SMILES string of the molecule is CC1(C(=O)O)COCC1NC(=O)NC1CCCOC1. The number of rotatable bonds is 3. The van der Waals surface area contributed by atoms with Gasteiger partial charge in [-0.15, -0.1) is 0 Å². The van der Waals surface area contributed by atoms with Crippen molar-refractivity contribution >= 4 is 12.0 Å². The van der Waals surface area contributed by atoms with Crippen LogP contribution in [-0.2, 0) is 14.3 Å². The summed E-state index contributed by atoms with van der Waals surface area (Å²) in [6, 6.07) is -0.889. The molecule has 7 heteroatoms. The third-order valence-corrected chi connectivity index (χ3v) is 3.74. The van der Waals surface area contributed by atoms with E-state index in [1.807, 2.05) is 0 Å². The van der Waals surface area contributed by atoms with Crippen molar-refractivity contribution in [3.63, 3.8) is 0 Å². The lowest BCUT2D eigenvalue weighted by atomic mass is 9.85. The van der Waals surface area contributed by atoms with Gasteiger partial charge in [0.05, 0.1) is 31.9 Å². The molecule has 0 aliphatic carbocycles. The number of ether oxygens (including phenoxy) is 2. The van der Waals surface area contributed by atoms with Crippen LogP contribution in [0.3, 0.4) is 0 Å². The molecule has 0 aromatic rings. The molecule has 0 aromatic carbocycles. The minimum Gasteiger partial charge on any atom is -0.481 e. The van der Waals surface area contributed by atoms with Crippen LogP contribution in [0.1, 0.15) is 19.8 Å². The Hall–Kier alpha value is -1.34. The Morgan fingerprint density at radius 2 is 2.05 bits per heavy atom. The van der Waals surface area contributed by atoms with Gasteiger partial charge in [-0.1, -0.05) is 0 Å². The lowest BCUT2D eigenvalue weighted by Crippen LogP contribution is -2.54. The van der Waals surface area contributed by atoms with E-state index in [9.17, 15) is 14.7 Å². The molecule has 2 fully saturated rings. The van der Waals surface area contributed by atoms with Crippen LogP contribution in [0.5, 0.6) is 0 Å². The second kappa shape index (κ2) is 5.75. The molecule has 3 atom stereocenters. The number of amides is 2. The summed E-state index contributed by atoms with van der Waals surface area (Å²) in [5.74, 6) is -0.962. The first-order valence-electron chi connectivity index (χ1n) is 6.48. The van der Waals surface area contributed by atoms with Crippen molar-refractivity contribution in [2.24, 2.45) is 5.41 Å². The maximum Gasteiger partial charge on any atom is 0.315 e. The van der Waals surface area contributed by atoms with E-state index in [1.54, 1.807) is 6.92 Å². The molecular formula is C12H20N2O5. The van der Waals surface area contributed by atoms with Crippen molar-refractivity contribution in [1.82, 2.24) is 10.6 Å². The number of carboxylic acids is 1. The van der Waals surface area contributed by atoms with Crippen LogP contribution in [-0.4, -0.2) is 55.6 Å². The number of carbonyl (C=O) groups is 2. The molecule has 0 saturated carbocycles. The van der Waals surface area contributed by atoms with Crippen molar-refractivity contribution in [1.29, 1.82) is 0 Å². The molecule has 2 aliphatic rings. The molecule has 2 saturated heterocycles. The fraction of sp³-hybridized carbons (Fsp3) is 0.833. The Morgan fingerprint density at radius 1 is 1.26 bits per heavy atom. The number of hydrogen-bond acceptors (Lipinski definition) is 4. The number of urea groups is 1. The smallest absolute Gasteiger partial charge is 0.315 e. The van der Waals surface area contributed by atoms with E-state index < -0.39 is 17.4 Å². The molecule has 108 valence electrons. The van der Waals surface area contributed by atoms with Gasteiger partial charge in [0.15, 0.2) is 0 Å². The standard InChI is InChI=1S/C12H20N2O5/c1-12(10(15)16)7-19-6-9(12)14-11(17)13-8-3-2-4-18-5-8/h8-9H,2-7H2,1H3,(H,15,16)(H2,13,14,17). The van der Waals surface area contributed by atoms with Crippen LogP contribution < -0.4 is 10.6 Å². The van der Waals surface area contributed by atoms with Crippen molar-refractivity contribution in [2.45, 2.75) is 31.8 Å². The highest BCUT2D eigenvalue weighted by Gasteiger charge is 2.47. The quantitative estimate of drug-likeness (QED) is 0.669. The van der Waals surface area contributed by atoms with Crippen molar-refractivity contribution in [2.75, 3.05) is 26.4 Å². The second-order valence-corrected chi connectivity index (χ2v) is 5.32. The zero-order valence-corrected chi connectivity index (χ0v) is 11.0. The predicted octanol–water partition coefficient (Wildman–Crippen LogP) is -0.0457. The molecule has 3 unspecified atom stereocenters. The first kappa shape index (κ1) is 14.1. The Labute approximate surface area is 111 Å². The first-order chi connectivity index (χ1) is 9.02. The maximum atomic E-state index is 11.9. The molecule has 0 radical (unpaired) electrons. The summed E-state index contributed by atoms with van der Waals surface area (Å²) in [5.41, 5.74) is -1.07. The number of aliphatic carboxylic acids is 1. The summed E-state index contributed by atoms with van der Waals surface area (Å²) in [7, 11) is 0. The fourth-order valence-electron chi connectivity index (χ4n) is 2.32. The van der Waals surface area contributed by atoms with Gasteiger partial charge in [0.2, 0.25) is 0 Å². The molecule has 3 N–H and O–H groups in total. The summed E-state index contributed by atoms with van der Waals surface area (Å²) < 4.78 is 10.4. The van der Waals surface area contributed by atoms with Gasteiger partial charge in [0.25, 0.3) is 0 Å². The maximum absolute atomic E-state index is 11.9. The van der Waals surface area contributed by atoms with E-state index in [0.29, 0.717) is 6.61 Å². The molecule has 2 amide bonds. The van der Waals surface area contributed by atoms with Crippen LogP contribution >= 0.6 is 0 Å². The highest BCUT2D eigenvalue weighted by Crippen LogP contribution is 2.28. The predicted molar refractivity (Wildman–Crippen MR) is 65.9 cm³/mol. The normalized spacial score (nSPS) is 34.8. The minimum atomic E-state index is -1.07. The van der Waals surface area contributed by atoms with E-state index in [2.05, 4.69) is 10.6 Å². The van der Waals surface area contributed by atoms with Gasteiger partial charge in [0, 0.05) is 6.61 Å². The third-order valence-electron chi connectivity index (χ3n) is 3.74. The first-order valence-corrected chi connectivity index (χ1v) is 6.48. The van der Waals surface area contributed by atoms with Crippen molar-refractivity contribution < 1.29 is 24.2 Å². The summed E-state index contributed by atoms with van der Waals surface area (Å²) >= 11 is 0. The second-order valence-electron chi connectivity index (χ2n) is 5.32. The molecule has 2 aliphatic heterocycles. The highest BCUT2D eigenvalue weighted by atomic mass is 16.5. The van der Waals surface area contributed by atoms with Crippen LogP contribution in [0.15, 0.2) is 0 Å². The number of hydrogen-bond donors (Lipinski definition) is 3. The molecule has 0 bridgehead atoms. The zero-order chi connectivity index (χ0) is 13.9. The van der Waals surface area contributed by atoms with Gasteiger partial charge in [-0.05, 0) is 19.8 Å². The van der Waals surface area contributed by atoms with Gasteiger partial charge in [-0.2, -0.15) is 0 Å². The average molecular weight is 272 g/mol. The molecule has 2 rings (SSSR count). The van der Waals surface area contributed by atoms with Crippen LogP contribution in [0.25, 0.3) is 0 Å². The minimum absolute atomic E-state index is 0.00726. The molecule has 0 aromatic heterocycles. The molecule has 0 spiro atoms. The number of carbonyl (C=O) groups excluding carboxylic acids is 1. The summed E-state index contributed by atoms with van der Waals surface area (Å²) in [4.78, 5) is 23.1. The van der Waals surface area contributed by atoms with Crippen LogP contribution in [0.4, 0.5) is 4.79 Å². The monoisotopic (exact) mass is 272 g/mol.